The molecule has 5 unspecified atom stereocenters. The molecule has 4 bridgehead atoms. The van der Waals surface area contributed by atoms with Crippen molar-refractivity contribution in [1.82, 2.24) is 16.2 Å². The minimum atomic E-state index is -4.99. The number of ketones is 1. The summed E-state index contributed by atoms with van der Waals surface area (Å²) < 4.78 is 126. The molecular weight excluding hydrogens is 530 g/mol. The van der Waals surface area contributed by atoms with Crippen LogP contribution in [0.1, 0.15) is 50.5 Å². The molecule has 4 rings (SSSR count). The molecule has 3 aliphatic rings. The molecular formula is C24H29F8N3O3. The number of Topliss-reactive ketones (excluding diaryl/α,β-unsaturated/α-hetero) is 1. The van der Waals surface area contributed by atoms with Crippen LogP contribution >= 0.6 is 0 Å². The number of halogens is 8. The van der Waals surface area contributed by atoms with Crippen LogP contribution in [0.4, 0.5) is 35.1 Å². The number of carbonyl (C=O) groups excluding carboxylic acids is 1. The summed E-state index contributed by atoms with van der Waals surface area (Å²) in [6.07, 6.45) is -17.6. The van der Waals surface area contributed by atoms with Crippen LogP contribution in [0.25, 0.3) is 0 Å². The average Bonchev–Trinajstić information content (AvgIpc) is 3.34. The SMILES string of the molecule is O=C1CCC[C@](OCc2ccccc2)(C(F)(F)F)C2NNC(O2)C2CCC(C(F)(F)F)C(N2)C(F)(F)CC1. The molecule has 14 heteroatoms. The topological polar surface area (TPSA) is 71.6 Å². The van der Waals surface area contributed by atoms with Gasteiger partial charge in [-0.05, 0) is 31.2 Å². The van der Waals surface area contributed by atoms with E-state index in [1.807, 2.05) is 0 Å². The van der Waals surface area contributed by atoms with Crippen LogP contribution in [-0.2, 0) is 20.9 Å². The summed E-state index contributed by atoms with van der Waals surface area (Å²) in [7, 11) is 0. The van der Waals surface area contributed by atoms with Crippen LogP contribution in [0, 0.1) is 5.92 Å². The summed E-state index contributed by atoms with van der Waals surface area (Å²) in [6.45, 7) is -0.441. The van der Waals surface area contributed by atoms with Gasteiger partial charge in [0.2, 0.25) is 5.60 Å². The van der Waals surface area contributed by atoms with Crippen LogP contribution in [0.15, 0.2) is 30.3 Å². The van der Waals surface area contributed by atoms with E-state index in [0.717, 1.165) is 0 Å². The zero-order valence-corrected chi connectivity index (χ0v) is 20.2. The largest absolute Gasteiger partial charge is 0.421 e. The lowest BCUT2D eigenvalue weighted by Crippen LogP contribution is -2.64. The molecule has 3 fully saturated rings. The summed E-state index contributed by atoms with van der Waals surface area (Å²) >= 11 is 0. The van der Waals surface area contributed by atoms with Crippen molar-refractivity contribution in [2.75, 3.05) is 0 Å². The standard InChI is InChI=1S/C24H29F8N3O3/c25-22(26)12-10-15(36)7-4-11-21(24(30,31)32,37-13-14-5-2-1-3-6-14)20-35-34-19(38-20)17-9-8-16(18(22)33-17)23(27,28)29/h1-3,5-6,16-20,33-35H,4,7-13H2/t16?,17?,18?,19?,20?,21-/m1/s1. The first kappa shape index (κ1) is 29.1. The molecule has 6 atom stereocenters. The van der Waals surface area contributed by atoms with Crippen LogP contribution in [-0.4, -0.2) is 54.2 Å². The molecule has 3 heterocycles. The Labute approximate surface area is 213 Å². The smallest absolute Gasteiger partial charge is 0.357 e. The molecule has 6 nitrogen and oxygen atoms in total. The third kappa shape index (κ3) is 6.14. The maximum atomic E-state index is 15.0. The molecule has 3 N–H and O–H groups in total. The molecule has 0 radical (unpaired) electrons. The van der Waals surface area contributed by atoms with Crippen LogP contribution in [0.2, 0.25) is 0 Å². The summed E-state index contributed by atoms with van der Waals surface area (Å²) in [6, 6.07) is 4.55. The van der Waals surface area contributed by atoms with E-state index < -0.39 is 98.8 Å². The normalized spacial score (nSPS) is 35.1. The van der Waals surface area contributed by atoms with Crippen molar-refractivity contribution >= 4 is 5.78 Å². The summed E-state index contributed by atoms with van der Waals surface area (Å²) in [5.74, 6) is -7.06. The van der Waals surface area contributed by atoms with E-state index >= 15 is 8.78 Å². The van der Waals surface area contributed by atoms with Gasteiger partial charge in [-0.25, -0.2) is 19.6 Å². The number of hydrogen-bond acceptors (Lipinski definition) is 6. The minimum Gasteiger partial charge on any atom is -0.357 e. The van der Waals surface area contributed by atoms with Gasteiger partial charge in [0.05, 0.1) is 18.6 Å². The Morgan fingerprint density at radius 1 is 0.974 bits per heavy atom. The molecule has 3 saturated heterocycles. The third-order valence-electron chi connectivity index (χ3n) is 7.45. The zero-order chi connectivity index (χ0) is 27.8. The Morgan fingerprint density at radius 2 is 1.68 bits per heavy atom. The second-order valence-electron chi connectivity index (χ2n) is 10.0. The predicted octanol–water partition coefficient (Wildman–Crippen LogP) is 4.75. The molecule has 0 amide bonds. The number of rotatable bonds is 3. The monoisotopic (exact) mass is 559 g/mol. The lowest BCUT2D eigenvalue weighted by Gasteiger charge is -2.43. The van der Waals surface area contributed by atoms with Crippen molar-refractivity contribution in [3.05, 3.63) is 35.9 Å². The Bertz CT molecular complexity index is 961. The highest BCUT2D eigenvalue weighted by Crippen LogP contribution is 2.46. The second-order valence-corrected chi connectivity index (χ2v) is 10.0. The van der Waals surface area contributed by atoms with E-state index in [9.17, 15) is 31.1 Å². The zero-order valence-electron chi connectivity index (χ0n) is 20.2. The predicted molar refractivity (Wildman–Crippen MR) is 117 cm³/mol. The number of piperidine rings is 1. The second kappa shape index (κ2) is 11.0. The van der Waals surface area contributed by atoms with Crippen molar-refractivity contribution in [2.24, 2.45) is 5.92 Å². The van der Waals surface area contributed by atoms with Gasteiger partial charge in [-0.1, -0.05) is 30.3 Å². The Hall–Kier alpha value is -1.87. The number of hydrogen-bond donors (Lipinski definition) is 3. The molecule has 3 aliphatic heterocycles. The molecule has 214 valence electrons. The minimum absolute atomic E-state index is 0.286. The van der Waals surface area contributed by atoms with Crippen LogP contribution in [0.3, 0.4) is 0 Å². The van der Waals surface area contributed by atoms with E-state index in [-0.39, 0.29) is 12.8 Å². The van der Waals surface area contributed by atoms with E-state index in [0.29, 0.717) is 5.56 Å². The summed E-state index contributed by atoms with van der Waals surface area (Å²) in [5.41, 5.74) is 2.38. The summed E-state index contributed by atoms with van der Waals surface area (Å²) in [5, 5.41) is 2.29. The first-order chi connectivity index (χ1) is 17.7. The van der Waals surface area contributed by atoms with E-state index in [2.05, 4.69) is 16.2 Å². The first-order valence-corrected chi connectivity index (χ1v) is 12.4. The van der Waals surface area contributed by atoms with Gasteiger partial charge in [0.15, 0.2) is 6.23 Å². The van der Waals surface area contributed by atoms with Gasteiger partial charge >= 0.3 is 12.4 Å². The molecule has 1 aromatic rings. The fraction of sp³-hybridized carbons (Fsp3) is 0.708. The van der Waals surface area contributed by atoms with E-state index in [1.165, 1.54) is 0 Å². The van der Waals surface area contributed by atoms with Crippen molar-refractivity contribution in [2.45, 2.75) is 100.0 Å². The highest BCUT2D eigenvalue weighted by atomic mass is 19.4. The Balaban J connectivity index is 1.65. The summed E-state index contributed by atoms with van der Waals surface area (Å²) in [4.78, 5) is 12.3. The number of fused-ring (bicyclic) bond motifs is 5. The molecule has 38 heavy (non-hydrogen) atoms. The van der Waals surface area contributed by atoms with Gasteiger partial charge in [-0.15, -0.1) is 0 Å². The number of alkyl halides is 8. The Morgan fingerprint density at radius 3 is 2.34 bits per heavy atom. The quantitative estimate of drug-likeness (QED) is 0.465. The number of ether oxygens (including phenoxy) is 2. The van der Waals surface area contributed by atoms with Gasteiger partial charge in [0.25, 0.3) is 5.92 Å². The van der Waals surface area contributed by atoms with Gasteiger partial charge in [0.1, 0.15) is 12.0 Å². The lowest BCUT2D eigenvalue weighted by molar-refractivity contribution is -0.320. The average molecular weight is 559 g/mol. The maximum Gasteiger partial charge on any atom is 0.421 e. The van der Waals surface area contributed by atoms with Gasteiger partial charge < -0.3 is 14.8 Å². The van der Waals surface area contributed by atoms with E-state index in [1.54, 1.807) is 30.3 Å². The highest BCUT2D eigenvalue weighted by Gasteiger charge is 2.64. The highest BCUT2D eigenvalue weighted by molar-refractivity contribution is 5.78. The van der Waals surface area contributed by atoms with Crippen molar-refractivity contribution in [3.63, 3.8) is 0 Å². The van der Waals surface area contributed by atoms with Gasteiger partial charge in [0, 0.05) is 25.3 Å². The number of nitrogens with one attached hydrogen (secondary N) is 3. The molecule has 0 saturated carbocycles. The fourth-order valence-electron chi connectivity index (χ4n) is 5.33. The van der Waals surface area contributed by atoms with Crippen molar-refractivity contribution < 1.29 is 49.4 Å². The first-order valence-electron chi connectivity index (χ1n) is 12.4. The van der Waals surface area contributed by atoms with Gasteiger partial charge in [-0.2, -0.15) is 26.3 Å². The molecule has 0 aromatic heterocycles. The van der Waals surface area contributed by atoms with Crippen LogP contribution in [0.5, 0.6) is 0 Å². The van der Waals surface area contributed by atoms with Crippen molar-refractivity contribution in [3.8, 4) is 0 Å². The third-order valence-corrected chi connectivity index (χ3v) is 7.45. The van der Waals surface area contributed by atoms with E-state index in [4.69, 9.17) is 9.47 Å². The molecule has 0 spiro atoms. The van der Waals surface area contributed by atoms with Crippen molar-refractivity contribution in [1.29, 1.82) is 0 Å². The number of benzene rings is 1. The lowest BCUT2D eigenvalue weighted by atomic mass is 9.81. The van der Waals surface area contributed by atoms with Gasteiger partial charge in [-0.3, -0.25) is 4.79 Å². The number of carbonyl (C=O) groups is 1. The maximum absolute atomic E-state index is 15.0. The molecule has 1 aromatic carbocycles. The number of hydrazine groups is 1. The molecule has 0 aliphatic carbocycles. The fourth-order valence-corrected chi connectivity index (χ4v) is 5.33. The Kier molecular flexibility index (Phi) is 8.39. The van der Waals surface area contributed by atoms with Crippen LogP contribution < -0.4 is 16.2 Å².